The molecular weight excluding hydrogens is 699 g/mol. The summed E-state index contributed by atoms with van der Waals surface area (Å²) in [6, 6.07) is 78.4. The van der Waals surface area contributed by atoms with Gasteiger partial charge in [0, 0.05) is 27.7 Å². The molecule has 58 heavy (non-hydrogen) atoms. The Morgan fingerprint density at radius 1 is 0.328 bits per heavy atom. The fourth-order valence-electron chi connectivity index (χ4n) is 9.53. The zero-order valence-corrected chi connectivity index (χ0v) is 32.7. The quantitative estimate of drug-likeness (QED) is 0.154. The minimum absolute atomic E-state index is 0.213. The van der Waals surface area contributed by atoms with E-state index in [2.05, 4.69) is 231 Å². The molecule has 10 aromatic carbocycles. The van der Waals surface area contributed by atoms with Crippen LogP contribution in [0, 0.1) is 0 Å². The average molecular weight is 740 g/mol. The summed E-state index contributed by atoms with van der Waals surface area (Å²) >= 11 is 0. The number of fused-ring (bicyclic) bond motifs is 7. The van der Waals surface area contributed by atoms with Crippen molar-refractivity contribution in [1.82, 2.24) is 0 Å². The van der Waals surface area contributed by atoms with E-state index in [0.29, 0.717) is 0 Å². The second-order valence-corrected chi connectivity index (χ2v) is 16.1. The van der Waals surface area contributed by atoms with Gasteiger partial charge in [-0.05, 0) is 113 Å². The molecule has 0 saturated carbocycles. The molecule has 1 heteroatoms. The van der Waals surface area contributed by atoms with Gasteiger partial charge in [-0.15, -0.1) is 0 Å². The van der Waals surface area contributed by atoms with E-state index in [1.165, 1.54) is 93.6 Å². The normalized spacial score (nSPS) is 12.8. The summed E-state index contributed by atoms with van der Waals surface area (Å²) in [7, 11) is 0. The molecule has 0 amide bonds. The number of rotatable bonds is 6. The van der Waals surface area contributed by atoms with Crippen molar-refractivity contribution in [2.45, 2.75) is 19.3 Å². The smallest absolute Gasteiger partial charge is 0.0624 e. The second-order valence-electron chi connectivity index (χ2n) is 16.1. The van der Waals surface area contributed by atoms with Crippen molar-refractivity contribution in [3.8, 4) is 44.5 Å². The van der Waals surface area contributed by atoms with Gasteiger partial charge in [-0.1, -0.05) is 190 Å². The third-order valence-electron chi connectivity index (χ3n) is 12.4. The lowest BCUT2D eigenvalue weighted by Gasteiger charge is -2.32. The molecule has 0 aromatic heterocycles. The maximum Gasteiger partial charge on any atom is 0.0624 e. The molecule has 10 aromatic rings. The largest absolute Gasteiger partial charge is 0.309 e. The highest BCUT2D eigenvalue weighted by Crippen LogP contribution is 2.54. The van der Waals surface area contributed by atoms with Crippen LogP contribution in [0.5, 0.6) is 0 Å². The van der Waals surface area contributed by atoms with E-state index in [4.69, 9.17) is 0 Å². The number of anilines is 3. The van der Waals surface area contributed by atoms with Crippen LogP contribution < -0.4 is 4.90 Å². The van der Waals surface area contributed by atoms with Gasteiger partial charge in [-0.25, -0.2) is 0 Å². The molecule has 0 saturated heterocycles. The highest BCUT2D eigenvalue weighted by Gasteiger charge is 2.37. The molecule has 11 rings (SSSR count). The Kier molecular flexibility index (Phi) is 7.91. The van der Waals surface area contributed by atoms with E-state index < -0.39 is 0 Å². The Balaban J connectivity index is 1.20. The van der Waals surface area contributed by atoms with Gasteiger partial charge in [0.1, 0.15) is 0 Å². The molecule has 1 nitrogen and oxygen atoms in total. The Morgan fingerprint density at radius 3 is 1.57 bits per heavy atom. The van der Waals surface area contributed by atoms with E-state index in [1.54, 1.807) is 0 Å². The van der Waals surface area contributed by atoms with Crippen LogP contribution in [0.4, 0.5) is 17.1 Å². The molecule has 0 fully saturated rings. The minimum Gasteiger partial charge on any atom is -0.309 e. The summed E-state index contributed by atoms with van der Waals surface area (Å²) in [4.78, 5) is 2.54. The van der Waals surface area contributed by atoms with E-state index in [0.717, 1.165) is 11.4 Å². The van der Waals surface area contributed by atoms with Gasteiger partial charge in [0.25, 0.3) is 0 Å². The third kappa shape index (κ3) is 5.46. The molecule has 0 unspecified atom stereocenters. The Morgan fingerprint density at radius 2 is 0.845 bits per heavy atom. The molecule has 0 bridgehead atoms. The van der Waals surface area contributed by atoms with Crippen LogP contribution in [-0.4, -0.2) is 0 Å². The average Bonchev–Trinajstić information content (AvgIpc) is 3.51. The van der Waals surface area contributed by atoms with Crippen molar-refractivity contribution in [2.75, 3.05) is 4.90 Å². The standard InChI is InChI=1S/C57H41N/c1-57(2)53-36-43(39-18-7-4-8-19-39)30-32-49(53)50-33-31-46(37-54(50)57)58(45-23-15-22-42(35-45)38-16-5-3-6-17-38)56-52-27-14-12-25-48(52)47-24-11-13-26-51(47)55(56)44-29-28-40-20-9-10-21-41(40)34-44/h3-37H,1-2H3. The lowest BCUT2D eigenvalue weighted by molar-refractivity contribution is 0.660. The summed E-state index contributed by atoms with van der Waals surface area (Å²) in [5, 5.41) is 7.41. The first kappa shape index (κ1) is 34.1. The lowest BCUT2D eigenvalue weighted by Crippen LogP contribution is -2.17. The zero-order valence-electron chi connectivity index (χ0n) is 32.7. The van der Waals surface area contributed by atoms with E-state index >= 15 is 0 Å². The second kappa shape index (κ2) is 13.5. The van der Waals surface area contributed by atoms with Crippen LogP contribution in [0.3, 0.4) is 0 Å². The Labute approximate surface area is 340 Å². The van der Waals surface area contributed by atoms with E-state index in [1.807, 2.05) is 0 Å². The molecule has 0 spiro atoms. The molecule has 0 atom stereocenters. The topological polar surface area (TPSA) is 3.24 Å². The van der Waals surface area contributed by atoms with Crippen LogP contribution in [0.25, 0.3) is 76.8 Å². The van der Waals surface area contributed by atoms with Crippen molar-refractivity contribution in [1.29, 1.82) is 0 Å². The van der Waals surface area contributed by atoms with Gasteiger partial charge in [0.05, 0.1) is 5.69 Å². The fraction of sp³-hybridized carbons (Fsp3) is 0.0526. The van der Waals surface area contributed by atoms with Gasteiger partial charge in [-0.3, -0.25) is 0 Å². The maximum atomic E-state index is 2.54. The monoisotopic (exact) mass is 739 g/mol. The van der Waals surface area contributed by atoms with E-state index in [9.17, 15) is 0 Å². The summed E-state index contributed by atoms with van der Waals surface area (Å²) in [6.45, 7) is 4.78. The number of hydrogen-bond acceptors (Lipinski definition) is 1. The van der Waals surface area contributed by atoms with E-state index in [-0.39, 0.29) is 5.41 Å². The van der Waals surface area contributed by atoms with Crippen molar-refractivity contribution < 1.29 is 0 Å². The molecule has 1 aliphatic rings. The van der Waals surface area contributed by atoms with Crippen molar-refractivity contribution >= 4 is 49.4 Å². The van der Waals surface area contributed by atoms with Crippen LogP contribution in [0.2, 0.25) is 0 Å². The van der Waals surface area contributed by atoms with Crippen LogP contribution in [-0.2, 0) is 5.41 Å². The summed E-state index contributed by atoms with van der Waals surface area (Å²) in [5.41, 5.74) is 15.8. The number of hydrogen-bond donors (Lipinski definition) is 0. The third-order valence-corrected chi connectivity index (χ3v) is 12.4. The molecular formula is C57H41N. The number of nitrogens with zero attached hydrogens (tertiary/aromatic N) is 1. The van der Waals surface area contributed by atoms with Gasteiger partial charge in [-0.2, -0.15) is 0 Å². The predicted octanol–water partition coefficient (Wildman–Crippen LogP) is 15.9. The van der Waals surface area contributed by atoms with Crippen molar-refractivity contribution in [3.63, 3.8) is 0 Å². The summed E-state index contributed by atoms with van der Waals surface area (Å²) < 4.78 is 0. The van der Waals surface area contributed by atoms with Gasteiger partial charge >= 0.3 is 0 Å². The van der Waals surface area contributed by atoms with Crippen LogP contribution in [0.15, 0.2) is 212 Å². The molecule has 0 aliphatic heterocycles. The lowest BCUT2D eigenvalue weighted by atomic mass is 9.81. The SMILES string of the molecule is CC1(C)c2cc(-c3ccccc3)ccc2-c2ccc(N(c3cccc(-c4ccccc4)c3)c3c(-c4ccc5ccccc5c4)c4ccccc4c4ccccc34)cc21. The first-order chi connectivity index (χ1) is 28.5. The maximum absolute atomic E-state index is 2.54. The van der Waals surface area contributed by atoms with Crippen LogP contribution >= 0.6 is 0 Å². The Hall–Kier alpha value is -7.22. The summed E-state index contributed by atoms with van der Waals surface area (Å²) in [5.74, 6) is 0. The van der Waals surface area contributed by atoms with Gasteiger partial charge in [0.15, 0.2) is 0 Å². The molecule has 0 N–H and O–H groups in total. The van der Waals surface area contributed by atoms with Crippen LogP contribution in [0.1, 0.15) is 25.0 Å². The van der Waals surface area contributed by atoms with Gasteiger partial charge < -0.3 is 4.90 Å². The predicted molar refractivity (Wildman–Crippen MR) is 248 cm³/mol. The first-order valence-electron chi connectivity index (χ1n) is 20.3. The molecule has 274 valence electrons. The van der Waals surface area contributed by atoms with Crippen molar-refractivity contribution in [3.05, 3.63) is 223 Å². The molecule has 0 radical (unpaired) electrons. The minimum atomic E-state index is -0.213. The van der Waals surface area contributed by atoms with Gasteiger partial charge in [0.2, 0.25) is 0 Å². The zero-order chi connectivity index (χ0) is 38.8. The fourth-order valence-corrected chi connectivity index (χ4v) is 9.53. The number of benzene rings is 10. The summed E-state index contributed by atoms with van der Waals surface area (Å²) in [6.07, 6.45) is 0. The molecule has 1 aliphatic carbocycles. The Bertz CT molecular complexity index is 3190. The highest BCUT2D eigenvalue weighted by atomic mass is 15.1. The first-order valence-corrected chi connectivity index (χ1v) is 20.3. The highest BCUT2D eigenvalue weighted by molar-refractivity contribution is 6.23. The van der Waals surface area contributed by atoms with Crippen molar-refractivity contribution in [2.24, 2.45) is 0 Å². The molecule has 0 heterocycles.